The molecular weight excluding hydrogens is 316 g/mol. The Morgan fingerprint density at radius 1 is 1.57 bits per heavy atom. The molecule has 0 amide bonds. The standard InChI is InChI=1S/C12H18N2O5S2/c1-3-18-12(15)10(8-4-5-21(16,17)7-8)11-13-9(6-20-2)14-19-11/h8,10H,3-7H2,1-2H3. The van der Waals surface area contributed by atoms with Crippen LogP contribution in [0.15, 0.2) is 4.52 Å². The molecule has 1 fully saturated rings. The van der Waals surface area contributed by atoms with Crippen molar-refractivity contribution in [3.63, 3.8) is 0 Å². The van der Waals surface area contributed by atoms with Crippen LogP contribution in [0.1, 0.15) is 31.0 Å². The second-order valence-electron chi connectivity index (χ2n) is 4.87. The summed E-state index contributed by atoms with van der Waals surface area (Å²) in [7, 11) is -3.10. The van der Waals surface area contributed by atoms with Crippen molar-refractivity contribution in [2.45, 2.75) is 25.0 Å². The average molecular weight is 334 g/mol. The van der Waals surface area contributed by atoms with Gasteiger partial charge < -0.3 is 9.26 Å². The van der Waals surface area contributed by atoms with Crippen LogP contribution in [0.2, 0.25) is 0 Å². The Bertz CT molecular complexity index is 599. The molecule has 1 saturated heterocycles. The number of esters is 1. The van der Waals surface area contributed by atoms with Crippen LogP contribution in [0, 0.1) is 5.92 Å². The number of rotatable bonds is 6. The van der Waals surface area contributed by atoms with Crippen LogP contribution in [-0.2, 0) is 25.1 Å². The molecule has 2 heterocycles. The minimum atomic E-state index is -3.10. The summed E-state index contributed by atoms with van der Waals surface area (Å²) in [6.07, 6.45) is 2.31. The number of thioether (sulfide) groups is 1. The van der Waals surface area contributed by atoms with E-state index in [1.807, 2.05) is 6.26 Å². The van der Waals surface area contributed by atoms with Gasteiger partial charge in [0.2, 0.25) is 5.89 Å². The molecule has 1 aromatic rings. The van der Waals surface area contributed by atoms with E-state index in [9.17, 15) is 13.2 Å². The molecule has 0 spiro atoms. The highest BCUT2D eigenvalue weighted by Crippen LogP contribution is 2.33. The first-order valence-corrected chi connectivity index (χ1v) is 9.87. The van der Waals surface area contributed by atoms with Crippen LogP contribution in [0.25, 0.3) is 0 Å². The van der Waals surface area contributed by atoms with Crippen molar-refractivity contribution in [3.05, 3.63) is 11.7 Å². The summed E-state index contributed by atoms with van der Waals surface area (Å²) in [5.74, 6) is -0.411. The third-order valence-electron chi connectivity index (χ3n) is 3.30. The molecule has 2 atom stereocenters. The van der Waals surface area contributed by atoms with Gasteiger partial charge in [-0.2, -0.15) is 16.7 Å². The lowest BCUT2D eigenvalue weighted by Gasteiger charge is -2.16. The van der Waals surface area contributed by atoms with E-state index in [-0.39, 0.29) is 29.9 Å². The van der Waals surface area contributed by atoms with Gasteiger partial charge in [0.15, 0.2) is 15.7 Å². The quantitative estimate of drug-likeness (QED) is 0.711. The zero-order valence-corrected chi connectivity index (χ0v) is 13.6. The smallest absolute Gasteiger partial charge is 0.318 e. The molecule has 1 aromatic heterocycles. The molecular formula is C12H18N2O5S2. The van der Waals surface area contributed by atoms with E-state index < -0.39 is 21.7 Å². The third kappa shape index (κ3) is 3.97. The highest BCUT2D eigenvalue weighted by molar-refractivity contribution is 7.97. The molecule has 9 heteroatoms. The Labute approximate surface area is 127 Å². The maximum atomic E-state index is 12.2. The fraction of sp³-hybridized carbons (Fsp3) is 0.750. The number of carbonyl (C=O) groups is 1. The van der Waals surface area contributed by atoms with E-state index in [0.29, 0.717) is 18.0 Å². The molecule has 118 valence electrons. The topological polar surface area (TPSA) is 99.4 Å². The van der Waals surface area contributed by atoms with Crippen LogP contribution in [0.5, 0.6) is 0 Å². The van der Waals surface area contributed by atoms with Crippen LogP contribution < -0.4 is 0 Å². The van der Waals surface area contributed by atoms with E-state index in [2.05, 4.69) is 10.1 Å². The number of hydrogen-bond acceptors (Lipinski definition) is 8. The normalized spacial score (nSPS) is 22.1. The molecule has 7 nitrogen and oxygen atoms in total. The number of nitrogens with zero attached hydrogens (tertiary/aromatic N) is 2. The number of hydrogen-bond donors (Lipinski definition) is 0. The molecule has 0 saturated carbocycles. The van der Waals surface area contributed by atoms with Crippen LogP contribution in [0.4, 0.5) is 0 Å². The molecule has 2 rings (SSSR count). The minimum Gasteiger partial charge on any atom is -0.465 e. The molecule has 0 N–H and O–H groups in total. The molecule has 2 unspecified atom stereocenters. The summed E-state index contributed by atoms with van der Waals surface area (Å²) < 4.78 is 33.5. The van der Waals surface area contributed by atoms with Crippen molar-refractivity contribution < 1.29 is 22.5 Å². The Morgan fingerprint density at radius 3 is 2.90 bits per heavy atom. The van der Waals surface area contributed by atoms with Crippen molar-refractivity contribution in [1.82, 2.24) is 10.1 Å². The highest BCUT2D eigenvalue weighted by Gasteiger charge is 2.42. The van der Waals surface area contributed by atoms with E-state index in [1.54, 1.807) is 6.92 Å². The predicted octanol–water partition coefficient (Wildman–Crippen LogP) is 1.01. The zero-order chi connectivity index (χ0) is 15.5. The van der Waals surface area contributed by atoms with Crippen LogP contribution in [-0.4, -0.2) is 48.9 Å². The van der Waals surface area contributed by atoms with Gasteiger partial charge in [-0.3, -0.25) is 4.79 Å². The molecule has 0 aliphatic carbocycles. The first-order chi connectivity index (χ1) is 9.96. The van der Waals surface area contributed by atoms with E-state index in [4.69, 9.17) is 9.26 Å². The van der Waals surface area contributed by atoms with E-state index in [1.165, 1.54) is 11.8 Å². The number of sulfone groups is 1. The zero-order valence-electron chi connectivity index (χ0n) is 11.9. The summed E-state index contributed by atoms with van der Waals surface area (Å²) in [5, 5.41) is 3.81. The number of carbonyl (C=O) groups excluding carboxylic acids is 1. The van der Waals surface area contributed by atoms with Crippen molar-refractivity contribution in [2.75, 3.05) is 24.4 Å². The Balaban J connectivity index is 2.25. The lowest BCUT2D eigenvalue weighted by atomic mass is 9.91. The molecule has 0 aromatic carbocycles. The first kappa shape index (κ1) is 16.3. The second kappa shape index (κ2) is 6.78. The molecule has 1 aliphatic heterocycles. The number of aromatic nitrogens is 2. The predicted molar refractivity (Wildman–Crippen MR) is 77.7 cm³/mol. The van der Waals surface area contributed by atoms with Gasteiger partial charge in [-0.15, -0.1) is 0 Å². The van der Waals surface area contributed by atoms with Gasteiger partial charge in [0.05, 0.1) is 23.9 Å². The van der Waals surface area contributed by atoms with Gasteiger partial charge in [0.25, 0.3) is 0 Å². The van der Waals surface area contributed by atoms with Gasteiger partial charge in [0.1, 0.15) is 5.92 Å². The highest BCUT2D eigenvalue weighted by atomic mass is 32.2. The third-order valence-corrected chi connectivity index (χ3v) is 5.64. The minimum absolute atomic E-state index is 0.0449. The van der Waals surface area contributed by atoms with Crippen molar-refractivity contribution in [3.8, 4) is 0 Å². The van der Waals surface area contributed by atoms with E-state index in [0.717, 1.165) is 0 Å². The van der Waals surface area contributed by atoms with E-state index >= 15 is 0 Å². The summed E-state index contributed by atoms with van der Waals surface area (Å²) in [4.78, 5) is 16.4. The van der Waals surface area contributed by atoms with Gasteiger partial charge in [-0.05, 0) is 25.5 Å². The van der Waals surface area contributed by atoms with Gasteiger partial charge in [0, 0.05) is 0 Å². The van der Waals surface area contributed by atoms with Crippen molar-refractivity contribution in [2.24, 2.45) is 5.92 Å². The monoisotopic (exact) mass is 334 g/mol. The Hall–Kier alpha value is -1.09. The van der Waals surface area contributed by atoms with Crippen molar-refractivity contribution in [1.29, 1.82) is 0 Å². The summed E-state index contributed by atoms with van der Waals surface area (Å²) in [6.45, 7) is 1.92. The van der Waals surface area contributed by atoms with Gasteiger partial charge in [-0.25, -0.2) is 8.42 Å². The summed E-state index contributed by atoms with van der Waals surface area (Å²) in [6, 6.07) is 0. The fourth-order valence-corrected chi connectivity index (χ4v) is 4.61. The second-order valence-corrected chi connectivity index (χ2v) is 7.97. The molecule has 1 aliphatic rings. The van der Waals surface area contributed by atoms with Gasteiger partial charge >= 0.3 is 5.97 Å². The summed E-state index contributed by atoms with van der Waals surface area (Å²) >= 11 is 1.53. The first-order valence-electron chi connectivity index (χ1n) is 6.65. The van der Waals surface area contributed by atoms with Crippen LogP contribution >= 0.6 is 11.8 Å². The lowest BCUT2D eigenvalue weighted by molar-refractivity contribution is -0.146. The van der Waals surface area contributed by atoms with Crippen molar-refractivity contribution >= 4 is 27.6 Å². The summed E-state index contributed by atoms with van der Waals surface area (Å²) in [5.41, 5.74) is 0. The van der Waals surface area contributed by atoms with Crippen LogP contribution in [0.3, 0.4) is 0 Å². The number of ether oxygens (including phenoxy) is 1. The Morgan fingerprint density at radius 2 is 2.33 bits per heavy atom. The molecule has 21 heavy (non-hydrogen) atoms. The molecule has 0 radical (unpaired) electrons. The average Bonchev–Trinajstić information content (AvgIpc) is 2.98. The molecule has 0 bridgehead atoms. The maximum absolute atomic E-state index is 12.2. The lowest BCUT2D eigenvalue weighted by Crippen LogP contribution is -2.25. The van der Waals surface area contributed by atoms with Gasteiger partial charge in [-0.1, -0.05) is 5.16 Å². The largest absolute Gasteiger partial charge is 0.465 e. The fourth-order valence-electron chi connectivity index (χ4n) is 2.40. The SMILES string of the molecule is CCOC(=O)C(c1nc(CSC)no1)C1CCS(=O)(=O)C1. The maximum Gasteiger partial charge on any atom is 0.318 e. The Kier molecular flexibility index (Phi) is 5.26.